The third-order valence-electron chi connectivity index (χ3n) is 6.34. The molecule has 182 valence electrons. The molecule has 5 rings (SSSR count). The third kappa shape index (κ3) is 5.68. The maximum absolute atomic E-state index is 12.5. The Morgan fingerprint density at radius 3 is 2.33 bits per heavy atom. The summed E-state index contributed by atoms with van der Waals surface area (Å²) in [6, 6.07) is 29.6. The molecule has 0 fully saturated rings. The van der Waals surface area contributed by atoms with Crippen LogP contribution in [0.3, 0.4) is 0 Å². The number of hydrogen-bond acceptors (Lipinski definition) is 5. The van der Waals surface area contributed by atoms with Crippen LogP contribution in [0.5, 0.6) is 5.75 Å². The van der Waals surface area contributed by atoms with Crippen molar-refractivity contribution in [2.24, 2.45) is 5.92 Å². The molecule has 0 aliphatic carbocycles. The molecule has 0 aliphatic heterocycles. The summed E-state index contributed by atoms with van der Waals surface area (Å²) in [5, 5.41) is 13.2. The van der Waals surface area contributed by atoms with Crippen molar-refractivity contribution in [3.63, 3.8) is 0 Å². The van der Waals surface area contributed by atoms with Crippen molar-refractivity contribution in [1.82, 2.24) is 24.8 Å². The predicted octanol–water partition coefficient (Wildman–Crippen LogP) is 4.73. The molecule has 7 heteroatoms. The van der Waals surface area contributed by atoms with E-state index in [2.05, 4.69) is 34.6 Å². The van der Waals surface area contributed by atoms with Crippen LogP contribution < -0.4 is 10.3 Å². The average molecular weight is 480 g/mol. The van der Waals surface area contributed by atoms with E-state index in [9.17, 15) is 4.79 Å². The molecule has 0 radical (unpaired) electrons. The smallest absolute Gasteiger partial charge is 0.251 e. The second-order valence-corrected chi connectivity index (χ2v) is 9.15. The van der Waals surface area contributed by atoms with Gasteiger partial charge in [-0.15, -0.1) is 5.10 Å². The van der Waals surface area contributed by atoms with Crippen LogP contribution in [-0.4, -0.2) is 31.4 Å². The number of nitrogens with zero attached hydrogens (tertiary/aromatic N) is 5. The first kappa shape index (κ1) is 23.5. The van der Waals surface area contributed by atoms with Gasteiger partial charge in [0, 0.05) is 17.9 Å². The van der Waals surface area contributed by atoms with Crippen molar-refractivity contribution < 1.29 is 4.74 Å². The molecule has 2 aromatic heterocycles. The molecular weight excluding hydrogens is 450 g/mol. The number of hydrogen-bond donors (Lipinski definition) is 0. The van der Waals surface area contributed by atoms with E-state index in [-0.39, 0.29) is 5.56 Å². The van der Waals surface area contributed by atoms with E-state index in [1.165, 1.54) is 5.56 Å². The number of pyridine rings is 1. The minimum Gasteiger partial charge on any atom is -0.494 e. The normalized spacial score (nSPS) is 12.0. The first-order valence-electron chi connectivity index (χ1n) is 12.2. The van der Waals surface area contributed by atoms with Gasteiger partial charge >= 0.3 is 0 Å². The quantitative estimate of drug-likeness (QED) is 0.289. The Kier molecular flexibility index (Phi) is 7.17. The number of fused-ring (bicyclic) bond motifs is 1. The standard InChI is InChI=1S/C29H29N5O2/c1-22(18-28-30-31-32-34(28)21-24-10-6-3-7-11-24)16-17-36-26-13-14-27-25(19-26)12-15-29(35)33(27)20-23-8-4-2-5-9-23/h2-15,19,22H,16-18,20-21H2,1H3. The molecule has 0 aliphatic rings. The number of tetrazole rings is 1. The Labute approximate surface area is 210 Å². The van der Waals surface area contributed by atoms with Gasteiger partial charge in [0.2, 0.25) is 0 Å². The van der Waals surface area contributed by atoms with E-state index in [0.717, 1.165) is 40.9 Å². The van der Waals surface area contributed by atoms with Gasteiger partial charge in [0.15, 0.2) is 5.82 Å². The highest BCUT2D eigenvalue weighted by atomic mass is 16.5. The van der Waals surface area contributed by atoms with Gasteiger partial charge in [-0.25, -0.2) is 4.68 Å². The predicted molar refractivity (Wildman–Crippen MR) is 140 cm³/mol. The molecule has 0 amide bonds. The highest BCUT2D eigenvalue weighted by Crippen LogP contribution is 2.21. The van der Waals surface area contributed by atoms with Gasteiger partial charge in [0.25, 0.3) is 5.56 Å². The maximum atomic E-state index is 12.5. The lowest BCUT2D eigenvalue weighted by molar-refractivity contribution is 0.281. The first-order chi connectivity index (χ1) is 17.7. The molecule has 1 unspecified atom stereocenters. The van der Waals surface area contributed by atoms with Gasteiger partial charge < -0.3 is 9.30 Å². The second kappa shape index (κ2) is 11.0. The van der Waals surface area contributed by atoms with Gasteiger partial charge in [-0.3, -0.25) is 4.79 Å². The van der Waals surface area contributed by atoms with E-state index in [1.54, 1.807) is 10.6 Å². The minimum atomic E-state index is -0.0107. The van der Waals surface area contributed by atoms with E-state index in [0.29, 0.717) is 25.6 Å². The third-order valence-corrected chi connectivity index (χ3v) is 6.34. The molecule has 1 atom stereocenters. The zero-order chi connectivity index (χ0) is 24.7. The van der Waals surface area contributed by atoms with E-state index >= 15 is 0 Å². The van der Waals surface area contributed by atoms with Crippen molar-refractivity contribution in [1.29, 1.82) is 0 Å². The summed E-state index contributed by atoms with van der Waals surface area (Å²) in [4.78, 5) is 12.5. The van der Waals surface area contributed by atoms with Gasteiger partial charge in [-0.2, -0.15) is 0 Å². The van der Waals surface area contributed by atoms with Crippen molar-refractivity contribution in [3.05, 3.63) is 118 Å². The second-order valence-electron chi connectivity index (χ2n) is 9.15. The zero-order valence-corrected chi connectivity index (χ0v) is 20.3. The lowest BCUT2D eigenvalue weighted by Gasteiger charge is -2.14. The van der Waals surface area contributed by atoms with Crippen LogP contribution in [0.4, 0.5) is 0 Å². The Morgan fingerprint density at radius 2 is 1.58 bits per heavy atom. The fourth-order valence-electron chi connectivity index (χ4n) is 4.34. The van der Waals surface area contributed by atoms with Crippen LogP contribution in [0.2, 0.25) is 0 Å². The fraction of sp³-hybridized carbons (Fsp3) is 0.241. The largest absolute Gasteiger partial charge is 0.494 e. The Hall–Kier alpha value is -4.26. The highest BCUT2D eigenvalue weighted by molar-refractivity contribution is 5.80. The Morgan fingerprint density at radius 1 is 0.861 bits per heavy atom. The molecule has 3 aromatic carbocycles. The lowest BCUT2D eigenvalue weighted by atomic mass is 10.0. The molecule has 36 heavy (non-hydrogen) atoms. The van der Waals surface area contributed by atoms with E-state index in [1.807, 2.05) is 77.5 Å². The average Bonchev–Trinajstić information content (AvgIpc) is 3.33. The molecule has 5 aromatic rings. The molecular formula is C29H29N5O2. The van der Waals surface area contributed by atoms with Gasteiger partial charge in [0.1, 0.15) is 5.75 Å². The van der Waals surface area contributed by atoms with Gasteiger partial charge in [0.05, 0.1) is 25.2 Å². The number of benzene rings is 3. The summed E-state index contributed by atoms with van der Waals surface area (Å²) in [6.07, 6.45) is 1.66. The van der Waals surface area contributed by atoms with Crippen LogP contribution in [-0.2, 0) is 19.5 Å². The summed E-state index contributed by atoms with van der Waals surface area (Å²) < 4.78 is 9.74. The van der Waals surface area contributed by atoms with Crippen LogP contribution >= 0.6 is 0 Å². The highest BCUT2D eigenvalue weighted by Gasteiger charge is 2.12. The Balaban J connectivity index is 1.19. The van der Waals surface area contributed by atoms with Crippen LogP contribution in [0.1, 0.15) is 30.3 Å². The van der Waals surface area contributed by atoms with Gasteiger partial charge in [-0.1, -0.05) is 67.6 Å². The van der Waals surface area contributed by atoms with Gasteiger partial charge in [-0.05, 0) is 58.2 Å². The fourth-order valence-corrected chi connectivity index (χ4v) is 4.34. The van der Waals surface area contributed by atoms with E-state index < -0.39 is 0 Å². The topological polar surface area (TPSA) is 74.8 Å². The summed E-state index contributed by atoms with van der Waals surface area (Å²) in [5.41, 5.74) is 3.16. The monoisotopic (exact) mass is 479 g/mol. The summed E-state index contributed by atoms with van der Waals surface area (Å²) >= 11 is 0. The SMILES string of the molecule is CC(CCOc1ccc2c(ccc(=O)n2Cc2ccccc2)c1)Cc1nnnn1Cc1ccccc1. The molecule has 0 saturated heterocycles. The zero-order valence-electron chi connectivity index (χ0n) is 20.3. The Bertz CT molecular complexity index is 1480. The van der Waals surface area contributed by atoms with Crippen LogP contribution in [0.15, 0.2) is 95.8 Å². The lowest BCUT2D eigenvalue weighted by Crippen LogP contribution is -2.19. The van der Waals surface area contributed by atoms with E-state index in [4.69, 9.17) is 4.74 Å². The molecule has 0 spiro atoms. The number of rotatable bonds is 10. The molecule has 7 nitrogen and oxygen atoms in total. The van der Waals surface area contributed by atoms with Crippen molar-refractivity contribution in [3.8, 4) is 5.75 Å². The van der Waals surface area contributed by atoms with Crippen molar-refractivity contribution in [2.75, 3.05) is 6.61 Å². The maximum Gasteiger partial charge on any atom is 0.251 e. The minimum absolute atomic E-state index is 0.0107. The number of ether oxygens (including phenoxy) is 1. The number of aromatic nitrogens is 5. The van der Waals surface area contributed by atoms with Crippen LogP contribution in [0.25, 0.3) is 10.9 Å². The molecule has 0 bridgehead atoms. The summed E-state index contributed by atoms with van der Waals surface area (Å²) in [5.74, 6) is 2.05. The summed E-state index contributed by atoms with van der Waals surface area (Å²) in [7, 11) is 0. The molecule has 2 heterocycles. The first-order valence-corrected chi connectivity index (χ1v) is 12.2. The molecule has 0 N–H and O–H groups in total. The molecule has 0 saturated carbocycles. The van der Waals surface area contributed by atoms with Crippen molar-refractivity contribution in [2.45, 2.75) is 32.9 Å². The van der Waals surface area contributed by atoms with Crippen LogP contribution in [0, 0.1) is 5.92 Å². The van der Waals surface area contributed by atoms with Crippen molar-refractivity contribution >= 4 is 10.9 Å². The summed E-state index contributed by atoms with van der Waals surface area (Å²) in [6.45, 7) is 3.99.